The molecule has 11 heteroatoms. The number of nitrogens with zero attached hydrogens (tertiary/aromatic N) is 4. The van der Waals surface area contributed by atoms with Crippen LogP contribution in [0.1, 0.15) is 42.1 Å². The number of amides is 4. The van der Waals surface area contributed by atoms with E-state index < -0.39 is 30.0 Å². The van der Waals surface area contributed by atoms with Gasteiger partial charge in [0.15, 0.2) is 5.78 Å². The maximum absolute atomic E-state index is 13.6. The number of anilines is 1. The van der Waals surface area contributed by atoms with E-state index in [0.29, 0.717) is 23.6 Å². The number of Topliss-reactive ketones (excluding diaryl/α,β-unsaturated/α-hetero) is 1. The van der Waals surface area contributed by atoms with Gasteiger partial charge in [-0.15, -0.1) is 0 Å². The fraction of sp³-hybridized carbons (Fsp3) is 0.261. The summed E-state index contributed by atoms with van der Waals surface area (Å²) >= 11 is 0. The van der Waals surface area contributed by atoms with Crippen molar-refractivity contribution in [2.75, 3.05) is 11.9 Å². The standard InChI is InChI=1S/C23H18F3N5O3/c1-28-21(33)31-20(14-7-5-13(12-27)6-8-14)19-16(3-2-4-17(19)32)30(22(31)34)15-9-10-29-18(11-15)23(24,25)26/h5-11,20H,2-4H2,1H3,(H,28,33). The van der Waals surface area contributed by atoms with Crippen LogP contribution in [0.3, 0.4) is 0 Å². The molecule has 0 saturated heterocycles. The largest absolute Gasteiger partial charge is 0.433 e. The number of aromatic nitrogens is 1. The summed E-state index contributed by atoms with van der Waals surface area (Å²) in [6.45, 7) is 0. The lowest BCUT2D eigenvalue weighted by Crippen LogP contribution is -2.56. The second kappa shape index (κ2) is 8.62. The van der Waals surface area contributed by atoms with E-state index in [2.05, 4.69) is 10.3 Å². The van der Waals surface area contributed by atoms with E-state index in [4.69, 9.17) is 5.26 Å². The first-order chi connectivity index (χ1) is 16.2. The van der Waals surface area contributed by atoms with Gasteiger partial charge < -0.3 is 5.32 Å². The Hall–Kier alpha value is -4.20. The molecule has 1 aliphatic carbocycles. The zero-order valence-electron chi connectivity index (χ0n) is 17.9. The highest BCUT2D eigenvalue weighted by atomic mass is 19.4. The number of imide groups is 1. The number of ketones is 1. The molecule has 34 heavy (non-hydrogen) atoms. The van der Waals surface area contributed by atoms with Gasteiger partial charge in [0.1, 0.15) is 5.69 Å². The van der Waals surface area contributed by atoms with E-state index in [9.17, 15) is 27.6 Å². The van der Waals surface area contributed by atoms with E-state index in [1.54, 1.807) is 12.1 Å². The molecule has 1 aromatic carbocycles. The summed E-state index contributed by atoms with van der Waals surface area (Å²) in [7, 11) is 1.30. The lowest BCUT2D eigenvalue weighted by molar-refractivity contribution is -0.141. The van der Waals surface area contributed by atoms with Gasteiger partial charge in [0.2, 0.25) is 0 Å². The van der Waals surface area contributed by atoms with Gasteiger partial charge in [0.25, 0.3) is 0 Å². The second-order valence-electron chi connectivity index (χ2n) is 7.71. The quantitative estimate of drug-likeness (QED) is 0.706. The van der Waals surface area contributed by atoms with Crippen molar-refractivity contribution in [1.29, 1.82) is 5.26 Å². The Balaban J connectivity index is 1.96. The van der Waals surface area contributed by atoms with Gasteiger partial charge in [-0.1, -0.05) is 12.1 Å². The lowest BCUT2D eigenvalue weighted by Gasteiger charge is -2.44. The molecule has 0 saturated carbocycles. The highest BCUT2D eigenvalue weighted by Gasteiger charge is 2.47. The van der Waals surface area contributed by atoms with Crippen LogP contribution >= 0.6 is 0 Å². The van der Waals surface area contributed by atoms with Gasteiger partial charge in [0.05, 0.1) is 23.4 Å². The van der Waals surface area contributed by atoms with Gasteiger partial charge >= 0.3 is 18.2 Å². The average molecular weight is 469 g/mol. The topological polar surface area (TPSA) is 106 Å². The summed E-state index contributed by atoms with van der Waals surface area (Å²) < 4.78 is 39.9. The normalized spacial score (nSPS) is 18.5. The van der Waals surface area contributed by atoms with Crippen LogP contribution in [0, 0.1) is 11.3 Å². The van der Waals surface area contributed by atoms with Crippen LogP contribution in [0.4, 0.5) is 28.4 Å². The summed E-state index contributed by atoms with van der Waals surface area (Å²) in [6.07, 6.45) is -3.00. The smallest absolute Gasteiger partial charge is 0.341 e. The van der Waals surface area contributed by atoms with Crippen molar-refractivity contribution in [2.24, 2.45) is 0 Å². The molecule has 4 rings (SSSR count). The van der Waals surface area contributed by atoms with Crippen molar-refractivity contribution in [1.82, 2.24) is 15.2 Å². The number of carbonyl (C=O) groups is 3. The van der Waals surface area contributed by atoms with Crippen LogP contribution in [0.5, 0.6) is 0 Å². The van der Waals surface area contributed by atoms with E-state index >= 15 is 0 Å². The Labute approximate surface area is 192 Å². The maximum Gasteiger partial charge on any atom is 0.433 e. The molecule has 4 amide bonds. The van der Waals surface area contributed by atoms with Gasteiger partial charge in [-0.05, 0) is 42.7 Å². The van der Waals surface area contributed by atoms with Crippen molar-refractivity contribution in [3.05, 3.63) is 70.7 Å². The number of allylic oxidation sites excluding steroid dienone is 1. The molecule has 1 N–H and O–H groups in total. The van der Waals surface area contributed by atoms with Crippen molar-refractivity contribution in [2.45, 2.75) is 31.5 Å². The molecule has 0 radical (unpaired) electrons. The number of hydrogen-bond acceptors (Lipinski definition) is 5. The first kappa shape index (κ1) is 23.0. The fourth-order valence-corrected chi connectivity index (χ4v) is 4.21. The van der Waals surface area contributed by atoms with Crippen LogP contribution in [-0.2, 0) is 11.0 Å². The van der Waals surface area contributed by atoms with Crippen LogP contribution in [0.15, 0.2) is 53.9 Å². The van der Waals surface area contributed by atoms with E-state index in [1.165, 1.54) is 25.2 Å². The number of halogens is 3. The molecular formula is C23H18F3N5O3. The number of carbonyl (C=O) groups excluding carboxylic acids is 3. The minimum absolute atomic E-state index is 0.151. The Morgan fingerprint density at radius 3 is 2.50 bits per heavy atom. The van der Waals surface area contributed by atoms with Crippen LogP contribution < -0.4 is 10.2 Å². The molecule has 0 spiro atoms. The van der Waals surface area contributed by atoms with E-state index in [-0.39, 0.29) is 35.6 Å². The summed E-state index contributed by atoms with van der Waals surface area (Å²) in [4.78, 5) is 44.7. The predicted octanol–water partition coefficient (Wildman–Crippen LogP) is 4.30. The zero-order valence-corrected chi connectivity index (χ0v) is 17.9. The third-order valence-electron chi connectivity index (χ3n) is 5.71. The fourth-order valence-electron chi connectivity index (χ4n) is 4.21. The summed E-state index contributed by atoms with van der Waals surface area (Å²) in [5.41, 5.74) is -0.187. The highest BCUT2D eigenvalue weighted by molar-refractivity contribution is 6.11. The molecule has 1 aromatic heterocycles. The van der Waals surface area contributed by atoms with Gasteiger partial charge in [0, 0.05) is 30.9 Å². The van der Waals surface area contributed by atoms with Crippen LogP contribution in [0.25, 0.3) is 0 Å². The highest BCUT2D eigenvalue weighted by Crippen LogP contribution is 2.44. The van der Waals surface area contributed by atoms with Crippen molar-refractivity contribution in [3.63, 3.8) is 0 Å². The lowest BCUT2D eigenvalue weighted by atomic mass is 9.83. The minimum Gasteiger partial charge on any atom is -0.341 e. The zero-order chi connectivity index (χ0) is 24.6. The van der Waals surface area contributed by atoms with Gasteiger partial charge in [-0.3, -0.25) is 14.7 Å². The minimum atomic E-state index is -4.75. The first-order valence-corrected chi connectivity index (χ1v) is 10.3. The molecule has 1 atom stereocenters. The molecule has 174 valence electrons. The molecular weight excluding hydrogens is 451 g/mol. The van der Waals surface area contributed by atoms with Gasteiger partial charge in [-0.2, -0.15) is 18.4 Å². The van der Waals surface area contributed by atoms with Crippen molar-refractivity contribution < 1.29 is 27.6 Å². The molecule has 0 fully saturated rings. The number of rotatable bonds is 2. The third-order valence-corrected chi connectivity index (χ3v) is 5.71. The predicted molar refractivity (Wildman–Crippen MR) is 113 cm³/mol. The molecule has 2 aromatic rings. The Morgan fingerprint density at radius 1 is 1.18 bits per heavy atom. The monoisotopic (exact) mass is 469 g/mol. The van der Waals surface area contributed by atoms with Crippen LogP contribution in [0.2, 0.25) is 0 Å². The molecule has 1 unspecified atom stereocenters. The molecule has 0 bridgehead atoms. The number of alkyl halides is 3. The van der Waals surface area contributed by atoms with E-state index in [1.807, 2.05) is 6.07 Å². The number of nitriles is 1. The molecule has 2 heterocycles. The number of pyridine rings is 1. The number of benzene rings is 1. The Morgan fingerprint density at radius 2 is 1.88 bits per heavy atom. The summed E-state index contributed by atoms with van der Waals surface area (Å²) in [5, 5.41) is 11.5. The average Bonchev–Trinajstić information content (AvgIpc) is 2.82. The molecule has 1 aliphatic heterocycles. The summed E-state index contributed by atoms with van der Waals surface area (Å²) in [6, 6.07) is 7.17. The number of hydrogen-bond donors (Lipinski definition) is 1. The van der Waals surface area contributed by atoms with Crippen molar-refractivity contribution >= 4 is 23.5 Å². The van der Waals surface area contributed by atoms with E-state index in [0.717, 1.165) is 16.0 Å². The second-order valence-corrected chi connectivity index (χ2v) is 7.71. The number of urea groups is 2. The third kappa shape index (κ3) is 3.87. The molecule has 8 nitrogen and oxygen atoms in total. The van der Waals surface area contributed by atoms with Crippen molar-refractivity contribution in [3.8, 4) is 6.07 Å². The maximum atomic E-state index is 13.6. The summed E-state index contributed by atoms with van der Waals surface area (Å²) in [5.74, 6) is -0.313. The Bertz CT molecular complexity index is 1250. The van der Waals surface area contributed by atoms with Crippen LogP contribution in [-0.4, -0.2) is 34.8 Å². The first-order valence-electron chi connectivity index (χ1n) is 10.3. The number of nitrogens with one attached hydrogen (secondary N) is 1. The van der Waals surface area contributed by atoms with Gasteiger partial charge in [-0.25, -0.2) is 14.5 Å². The Kier molecular flexibility index (Phi) is 5.83. The molecule has 2 aliphatic rings. The SMILES string of the molecule is CNC(=O)N1C(=O)N(c2ccnc(C(F)(F)F)c2)C2=C(C(=O)CCC2)C1c1ccc(C#N)cc1.